The van der Waals surface area contributed by atoms with Crippen LogP contribution in [0.3, 0.4) is 0 Å². The van der Waals surface area contributed by atoms with Crippen LogP contribution in [0.25, 0.3) is 0 Å². The van der Waals surface area contributed by atoms with Gasteiger partial charge in [-0.05, 0) is 18.2 Å². The maximum Gasteiger partial charge on any atom is 0.416 e. The Kier molecular flexibility index (Phi) is 9.37. The molecule has 192 valence electrons. The fourth-order valence-electron chi connectivity index (χ4n) is 3.51. The van der Waals surface area contributed by atoms with Crippen molar-refractivity contribution in [2.24, 2.45) is 27.8 Å². The summed E-state index contributed by atoms with van der Waals surface area (Å²) >= 11 is 0. The van der Waals surface area contributed by atoms with Gasteiger partial charge in [0.15, 0.2) is 0 Å². The summed E-state index contributed by atoms with van der Waals surface area (Å²) in [6.07, 6.45) is -4.20. The topological polar surface area (TPSA) is 167 Å². The number of hydrazone groups is 1. The number of aliphatic imine (C=N–C) groups is 1. The van der Waals surface area contributed by atoms with Crippen molar-refractivity contribution < 1.29 is 42.8 Å². The van der Waals surface area contributed by atoms with E-state index in [0.717, 1.165) is 18.3 Å². The first-order valence-electron chi connectivity index (χ1n) is 10.5. The van der Waals surface area contributed by atoms with Gasteiger partial charge in [-0.2, -0.15) is 18.3 Å². The number of aliphatic hydroxyl groups excluding tert-OH is 2. The summed E-state index contributed by atoms with van der Waals surface area (Å²) in [5.41, 5.74) is -0.530. The van der Waals surface area contributed by atoms with Crippen molar-refractivity contribution in [2.75, 3.05) is 13.2 Å². The van der Waals surface area contributed by atoms with E-state index in [4.69, 9.17) is 10.6 Å². The summed E-state index contributed by atoms with van der Waals surface area (Å²) < 4.78 is 43.7. The van der Waals surface area contributed by atoms with Crippen LogP contribution >= 0.6 is 0 Å². The van der Waals surface area contributed by atoms with Crippen LogP contribution in [0.15, 0.2) is 46.2 Å². The van der Waals surface area contributed by atoms with Crippen LogP contribution in [0.1, 0.15) is 25.0 Å². The van der Waals surface area contributed by atoms with Crippen LogP contribution in [0, 0.1) is 11.8 Å². The second kappa shape index (κ2) is 11.8. The predicted octanol–water partition coefficient (Wildman–Crippen LogP) is 0.917. The molecular weight excluding hydrogens is 473 g/mol. The van der Waals surface area contributed by atoms with Gasteiger partial charge in [-0.1, -0.05) is 26.0 Å². The summed E-state index contributed by atoms with van der Waals surface area (Å²) in [5.74, 6) is 1.87. The minimum atomic E-state index is -4.49. The third-order valence-corrected chi connectivity index (χ3v) is 5.54. The van der Waals surface area contributed by atoms with E-state index in [0.29, 0.717) is 0 Å². The molecule has 1 amide bonds. The quantitative estimate of drug-likeness (QED) is 0.191. The molecule has 2 rings (SSSR count). The first-order valence-corrected chi connectivity index (χ1v) is 10.5. The van der Waals surface area contributed by atoms with Crippen LogP contribution in [0.2, 0.25) is 0 Å². The SMILES string of the molecule is CC(C(O)CO)C1OC(C(=O)O)=CC(C)[C@H]1NC(=O)CN=CC(=NN)c1ccc(C(F)(F)F)cc1. The molecular formula is C22H27F3N4O6. The lowest BCUT2D eigenvalue weighted by Gasteiger charge is -2.39. The Morgan fingerprint density at radius 2 is 1.91 bits per heavy atom. The van der Waals surface area contributed by atoms with Crippen molar-refractivity contribution in [1.29, 1.82) is 0 Å². The van der Waals surface area contributed by atoms with Crippen LogP contribution in [-0.2, 0) is 20.5 Å². The number of rotatable bonds is 9. The molecule has 1 aromatic rings. The molecule has 0 saturated carbocycles. The summed E-state index contributed by atoms with van der Waals surface area (Å²) in [6.45, 7) is 2.22. The van der Waals surface area contributed by atoms with Gasteiger partial charge in [0.25, 0.3) is 0 Å². The predicted molar refractivity (Wildman–Crippen MR) is 119 cm³/mol. The van der Waals surface area contributed by atoms with Gasteiger partial charge in [-0.15, -0.1) is 0 Å². The lowest BCUT2D eigenvalue weighted by molar-refractivity contribution is -0.142. The summed E-state index contributed by atoms with van der Waals surface area (Å²) in [7, 11) is 0. The Bertz CT molecular complexity index is 994. The number of hydrogen-bond donors (Lipinski definition) is 5. The molecule has 0 radical (unpaired) electrons. The number of carboxylic acids is 1. The molecule has 0 aromatic heterocycles. The summed E-state index contributed by atoms with van der Waals surface area (Å²) in [4.78, 5) is 27.8. The Balaban J connectivity index is 2.10. The van der Waals surface area contributed by atoms with Crippen molar-refractivity contribution in [3.05, 3.63) is 47.2 Å². The number of nitrogens with one attached hydrogen (secondary N) is 1. The van der Waals surface area contributed by atoms with Gasteiger partial charge in [0.1, 0.15) is 18.4 Å². The van der Waals surface area contributed by atoms with Gasteiger partial charge >= 0.3 is 12.1 Å². The molecule has 1 aliphatic rings. The minimum absolute atomic E-state index is 0.0486. The van der Waals surface area contributed by atoms with Gasteiger partial charge in [0, 0.05) is 23.6 Å². The normalized spacial score (nSPS) is 22.8. The Labute approximate surface area is 199 Å². The fourth-order valence-corrected chi connectivity index (χ4v) is 3.51. The number of hydrogen-bond acceptors (Lipinski definition) is 8. The average Bonchev–Trinajstić information content (AvgIpc) is 2.81. The maximum atomic E-state index is 12.7. The molecule has 1 heterocycles. The number of aliphatic hydroxyl groups is 2. The number of halogens is 3. The lowest BCUT2D eigenvalue weighted by Crippen LogP contribution is -2.55. The molecule has 0 saturated heterocycles. The van der Waals surface area contributed by atoms with Gasteiger partial charge in [-0.25, -0.2) is 4.79 Å². The standard InChI is InChI=1S/C22H27F3N4O6/c1-11-7-17(21(33)34)35-20(12(2)16(31)10-30)19(11)28-18(32)9-27-8-15(29-26)13-3-5-14(6-4-13)22(23,24)25/h3-8,11-12,16,19-20,30-31H,9-10,26H2,1-2H3,(H,28,32)(H,33,34)/t11?,12?,16?,19-,20?/m1/s1. The number of ether oxygens (including phenoxy) is 1. The largest absolute Gasteiger partial charge is 0.481 e. The number of amides is 1. The number of aliphatic carboxylic acids is 1. The molecule has 1 aromatic carbocycles. The second-order valence-corrected chi connectivity index (χ2v) is 8.04. The molecule has 1 aliphatic heterocycles. The van der Waals surface area contributed by atoms with E-state index >= 15 is 0 Å². The molecule has 5 atom stereocenters. The maximum absolute atomic E-state index is 12.7. The molecule has 0 spiro atoms. The van der Waals surface area contributed by atoms with E-state index in [9.17, 15) is 38.1 Å². The van der Waals surface area contributed by atoms with Crippen molar-refractivity contribution in [1.82, 2.24) is 5.32 Å². The Morgan fingerprint density at radius 3 is 2.43 bits per heavy atom. The highest BCUT2D eigenvalue weighted by Gasteiger charge is 2.40. The van der Waals surface area contributed by atoms with E-state index < -0.39 is 66.9 Å². The third-order valence-electron chi connectivity index (χ3n) is 5.54. The summed E-state index contributed by atoms with van der Waals surface area (Å²) in [5, 5.41) is 34.7. The zero-order chi connectivity index (χ0) is 26.3. The van der Waals surface area contributed by atoms with Crippen LogP contribution in [-0.4, -0.2) is 70.5 Å². The number of nitrogens with zero attached hydrogens (tertiary/aromatic N) is 2. The number of nitrogens with two attached hydrogens (primary N) is 1. The van der Waals surface area contributed by atoms with E-state index in [2.05, 4.69) is 15.4 Å². The zero-order valence-corrected chi connectivity index (χ0v) is 18.9. The average molecular weight is 500 g/mol. The van der Waals surface area contributed by atoms with Gasteiger partial charge in [-0.3, -0.25) is 9.79 Å². The third kappa shape index (κ3) is 7.26. The Hall–Kier alpha value is -3.45. The van der Waals surface area contributed by atoms with Crippen LogP contribution in [0.4, 0.5) is 13.2 Å². The van der Waals surface area contributed by atoms with Crippen molar-refractivity contribution in [3.63, 3.8) is 0 Å². The molecule has 13 heteroatoms. The van der Waals surface area contributed by atoms with E-state index in [-0.39, 0.29) is 17.0 Å². The molecule has 4 unspecified atom stereocenters. The molecule has 10 nitrogen and oxygen atoms in total. The number of carbonyl (C=O) groups excluding carboxylic acids is 1. The van der Waals surface area contributed by atoms with Crippen LogP contribution in [0.5, 0.6) is 0 Å². The first kappa shape index (κ1) is 27.8. The summed E-state index contributed by atoms with van der Waals surface area (Å²) in [6, 6.07) is 3.34. The number of carboxylic acid groups (broad SMARTS) is 1. The number of alkyl halides is 3. The number of benzene rings is 1. The highest BCUT2D eigenvalue weighted by molar-refractivity contribution is 6.38. The molecule has 6 N–H and O–H groups in total. The van der Waals surface area contributed by atoms with E-state index in [1.807, 2.05) is 0 Å². The zero-order valence-electron chi connectivity index (χ0n) is 18.9. The molecule has 35 heavy (non-hydrogen) atoms. The monoisotopic (exact) mass is 500 g/mol. The minimum Gasteiger partial charge on any atom is -0.481 e. The fraction of sp³-hybridized carbons (Fsp3) is 0.455. The molecule has 0 fully saturated rings. The smallest absolute Gasteiger partial charge is 0.416 e. The highest BCUT2D eigenvalue weighted by atomic mass is 19.4. The van der Waals surface area contributed by atoms with Crippen molar-refractivity contribution in [2.45, 2.75) is 38.3 Å². The van der Waals surface area contributed by atoms with Crippen molar-refractivity contribution >= 4 is 23.8 Å². The van der Waals surface area contributed by atoms with Crippen LogP contribution < -0.4 is 11.2 Å². The van der Waals surface area contributed by atoms with Gasteiger partial charge in [0.05, 0.1) is 24.3 Å². The molecule has 0 bridgehead atoms. The van der Waals surface area contributed by atoms with E-state index in [1.54, 1.807) is 13.8 Å². The highest BCUT2D eigenvalue weighted by Crippen LogP contribution is 2.30. The number of carbonyl (C=O) groups is 2. The Morgan fingerprint density at radius 1 is 1.29 bits per heavy atom. The molecule has 0 aliphatic carbocycles. The van der Waals surface area contributed by atoms with Crippen molar-refractivity contribution in [3.8, 4) is 0 Å². The van der Waals surface area contributed by atoms with Gasteiger partial charge in [0.2, 0.25) is 11.7 Å². The van der Waals surface area contributed by atoms with E-state index in [1.165, 1.54) is 18.2 Å². The second-order valence-electron chi connectivity index (χ2n) is 8.04. The van der Waals surface area contributed by atoms with Gasteiger partial charge < -0.3 is 31.2 Å². The lowest BCUT2D eigenvalue weighted by atomic mass is 9.84. The first-order chi connectivity index (χ1) is 16.4.